The molecule has 0 saturated carbocycles. The summed E-state index contributed by atoms with van der Waals surface area (Å²) in [7, 11) is 0. The number of hydrogen-bond donors (Lipinski definition) is 2. The fourth-order valence-electron chi connectivity index (χ4n) is 2.74. The van der Waals surface area contributed by atoms with Crippen LogP contribution in [0.5, 0.6) is 11.5 Å². The van der Waals surface area contributed by atoms with Crippen LogP contribution in [-0.4, -0.2) is 24.1 Å². The molecule has 1 aliphatic rings. The fraction of sp³-hybridized carbons (Fsp3) is 0.0952. The molecule has 0 spiro atoms. The Hall–Kier alpha value is -4.05. The maximum absolute atomic E-state index is 12.5. The number of carbonyl (C=O) groups is 1. The molecule has 2 N–H and O–H groups in total. The van der Waals surface area contributed by atoms with E-state index < -0.39 is 0 Å². The van der Waals surface area contributed by atoms with E-state index in [4.69, 9.17) is 14.7 Å². The molecule has 0 atom stereocenters. The lowest BCUT2D eigenvalue weighted by Crippen LogP contribution is -2.15. The van der Waals surface area contributed by atoms with Gasteiger partial charge < -0.3 is 20.1 Å². The Balaban J connectivity index is 1.47. The largest absolute Gasteiger partial charge is 0.486 e. The van der Waals surface area contributed by atoms with E-state index >= 15 is 0 Å². The first kappa shape index (κ1) is 17.4. The molecule has 28 heavy (non-hydrogen) atoms. The van der Waals surface area contributed by atoms with Crippen LogP contribution in [-0.2, 0) is 0 Å². The number of nitrogens with one attached hydrogen (secondary N) is 2. The van der Waals surface area contributed by atoms with E-state index in [0.29, 0.717) is 47.3 Å². The first-order valence-corrected chi connectivity index (χ1v) is 8.65. The quantitative estimate of drug-likeness (QED) is 0.725. The summed E-state index contributed by atoms with van der Waals surface area (Å²) in [4.78, 5) is 16.8. The summed E-state index contributed by atoms with van der Waals surface area (Å²) >= 11 is 0. The van der Waals surface area contributed by atoms with E-state index in [0.717, 1.165) is 5.69 Å². The van der Waals surface area contributed by atoms with Gasteiger partial charge in [-0.3, -0.25) is 4.79 Å². The molecule has 1 aliphatic heterocycles. The molecular formula is C21H16N4O3. The number of carbonyl (C=O) groups excluding carboxylic acids is 1. The number of amides is 1. The molecule has 0 bridgehead atoms. The predicted molar refractivity (Wildman–Crippen MR) is 104 cm³/mol. The van der Waals surface area contributed by atoms with E-state index in [9.17, 15) is 4.79 Å². The number of benzene rings is 2. The summed E-state index contributed by atoms with van der Waals surface area (Å²) in [6, 6.07) is 17.5. The summed E-state index contributed by atoms with van der Waals surface area (Å²) in [5.41, 5.74) is 2.38. The monoisotopic (exact) mass is 372 g/mol. The van der Waals surface area contributed by atoms with Crippen LogP contribution < -0.4 is 20.1 Å². The van der Waals surface area contributed by atoms with Crippen LogP contribution in [0.15, 0.2) is 60.8 Å². The van der Waals surface area contributed by atoms with E-state index in [1.807, 2.05) is 24.3 Å². The van der Waals surface area contributed by atoms with E-state index in [-0.39, 0.29) is 5.91 Å². The molecule has 138 valence electrons. The normalized spacial score (nSPS) is 12.0. The number of aromatic nitrogens is 1. The zero-order valence-electron chi connectivity index (χ0n) is 14.8. The van der Waals surface area contributed by atoms with Crippen LogP contribution in [0.3, 0.4) is 0 Å². The molecule has 0 radical (unpaired) electrons. The lowest BCUT2D eigenvalue weighted by Gasteiger charge is -2.19. The molecule has 4 rings (SSSR count). The van der Waals surface area contributed by atoms with Crippen molar-refractivity contribution >= 4 is 23.1 Å². The molecular weight excluding hydrogens is 356 g/mol. The molecule has 7 heteroatoms. The van der Waals surface area contributed by atoms with Gasteiger partial charge in [-0.15, -0.1) is 0 Å². The maximum atomic E-state index is 12.5. The highest BCUT2D eigenvalue weighted by molar-refractivity contribution is 6.04. The van der Waals surface area contributed by atoms with Gasteiger partial charge in [0.25, 0.3) is 5.91 Å². The lowest BCUT2D eigenvalue weighted by atomic mass is 10.2. The van der Waals surface area contributed by atoms with Gasteiger partial charge in [0.1, 0.15) is 19.0 Å². The van der Waals surface area contributed by atoms with Gasteiger partial charge in [-0.25, -0.2) is 4.98 Å². The van der Waals surface area contributed by atoms with Gasteiger partial charge in [-0.2, -0.15) is 5.26 Å². The summed E-state index contributed by atoms with van der Waals surface area (Å²) < 4.78 is 11.1. The van der Waals surface area contributed by atoms with Gasteiger partial charge in [-0.1, -0.05) is 0 Å². The molecule has 0 aliphatic carbocycles. The highest BCUT2D eigenvalue weighted by Gasteiger charge is 2.13. The van der Waals surface area contributed by atoms with Crippen LogP contribution >= 0.6 is 0 Å². The van der Waals surface area contributed by atoms with E-state index in [1.54, 1.807) is 42.6 Å². The summed E-state index contributed by atoms with van der Waals surface area (Å²) in [5, 5.41) is 14.8. The Morgan fingerprint density at radius 1 is 0.964 bits per heavy atom. The average Bonchev–Trinajstić information content (AvgIpc) is 2.74. The Bertz CT molecular complexity index is 1060. The van der Waals surface area contributed by atoms with Crippen LogP contribution in [0, 0.1) is 11.3 Å². The Morgan fingerprint density at radius 3 is 2.50 bits per heavy atom. The zero-order chi connectivity index (χ0) is 19.3. The van der Waals surface area contributed by atoms with Gasteiger partial charge in [0.15, 0.2) is 11.5 Å². The number of pyridine rings is 1. The number of ether oxygens (including phenoxy) is 2. The summed E-state index contributed by atoms with van der Waals surface area (Å²) in [6.07, 6.45) is 1.56. The zero-order valence-corrected chi connectivity index (χ0v) is 14.8. The van der Waals surface area contributed by atoms with Gasteiger partial charge in [-0.05, 0) is 48.5 Å². The van der Waals surface area contributed by atoms with Gasteiger partial charge >= 0.3 is 0 Å². The average molecular weight is 372 g/mol. The number of nitriles is 1. The van der Waals surface area contributed by atoms with Crippen LogP contribution in [0.1, 0.15) is 15.9 Å². The third-order valence-electron chi connectivity index (χ3n) is 4.11. The number of rotatable bonds is 4. The molecule has 1 aromatic heterocycles. The second-order valence-electron chi connectivity index (χ2n) is 6.06. The van der Waals surface area contributed by atoms with Crippen LogP contribution in [0.25, 0.3) is 0 Å². The standard InChI is InChI=1S/C21H16N4O3/c22-13-14-1-3-16(4-2-14)25-21(26)15-7-8-23-20(11-15)24-17-5-6-18-19(12-17)28-10-9-27-18/h1-8,11-12H,9-10H2,(H,23,24)(H,25,26). The molecule has 3 aromatic rings. The van der Waals surface area contributed by atoms with Crippen molar-refractivity contribution in [2.24, 2.45) is 0 Å². The Labute approximate surface area is 161 Å². The smallest absolute Gasteiger partial charge is 0.255 e. The van der Waals surface area contributed by atoms with Crippen molar-refractivity contribution in [1.82, 2.24) is 4.98 Å². The molecule has 0 saturated heterocycles. The second kappa shape index (κ2) is 7.68. The van der Waals surface area contributed by atoms with Crippen LogP contribution in [0.2, 0.25) is 0 Å². The van der Waals surface area contributed by atoms with E-state index in [2.05, 4.69) is 15.6 Å². The number of anilines is 3. The first-order valence-electron chi connectivity index (χ1n) is 8.65. The molecule has 7 nitrogen and oxygen atoms in total. The third-order valence-corrected chi connectivity index (χ3v) is 4.11. The summed E-state index contributed by atoms with van der Waals surface area (Å²) in [5.74, 6) is 1.65. The molecule has 2 aromatic carbocycles. The van der Waals surface area contributed by atoms with Gasteiger partial charge in [0, 0.05) is 29.2 Å². The topological polar surface area (TPSA) is 96.3 Å². The summed E-state index contributed by atoms with van der Waals surface area (Å²) in [6.45, 7) is 1.05. The highest BCUT2D eigenvalue weighted by atomic mass is 16.6. The number of nitrogens with zero attached hydrogens (tertiary/aromatic N) is 2. The SMILES string of the molecule is N#Cc1ccc(NC(=O)c2ccnc(Nc3ccc4c(c3)OCCO4)c2)cc1. The number of hydrogen-bond acceptors (Lipinski definition) is 6. The van der Waals surface area contributed by atoms with Gasteiger partial charge in [0.2, 0.25) is 0 Å². The number of fused-ring (bicyclic) bond motifs is 1. The second-order valence-corrected chi connectivity index (χ2v) is 6.06. The van der Waals surface area contributed by atoms with Crippen molar-refractivity contribution in [3.8, 4) is 17.6 Å². The predicted octanol–water partition coefficient (Wildman–Crippen LogP) is 3.72. The first-order chi connectivity index (χ1) is 13.7. The highest BCUT2D eigenvalue weighted by Crippen LogP contribution is 2.33. The molecule has 1 amide bonds. The van der Waals surface area contributed by atoms with E-state index in [1.165, 1.54) is 0 Å². The van der Waals surface area contributed by atoms with Crippen molar-refractivity contribution in [3.05, 3.63) is 71.9 Å². The van der Waals surface area contributed by atoms with Crippen LogP contribution in [0.4, 0.5) is 17.2 Å². The molecule has 0 unspecified atom stereocenters. The minimum absolute atomic E-state index is 0.266. The van der Waals surface area contributed by atoms with Crippen molar-refractivity contribution in [2.75, 3.05) is 23.8 Å². The minimum atomic E-state index is -0.266. The van der Waals surface area contributed by atoms with Crippen molar-refractivity contribution in [3.63, 3.8) is 0 Å². The fourth-order valence-corrected chi connectivity index (χ4v) is 2.74. The van der Waals surface area contributed by atoms with Gasteiger partial charge in [0.05, 0.1) is 11.6 Å². The third kappa shape index (κ3) is 3.86. The minimum Gasteiger partial charge on any atom is -0.486 e. The maximum Gasteiger partial charge on any atom is 0.255 e. The van der Waals surface area contributed by atoms with Crippen molar-refractivity contribution in [2.45, 2.75) is 0 Å². The lowest BCUT2D eigenvalue weighted by molar-refractivity contribution is 0.102. The van der Waals surface area contributed by atoms with Crippen molar-refractivity contribution < 1.29 is 14.3 Å². The Morgan fingerprint density at radius 2 is 1.71 bits per heavy atom. The Kier molecular flexibility index (Phi) is 4.76. The van der Waals surface area contributed by atoms with Crippen molar-refractivity contribution in [1.29, 1.82) is 5.26 Å². The molecule has 2 heterocycles. The molecule has 0 fully saturated rings.